The smallest absolute Gasteiger partial charge is 0.263 e. The molecular weight excluding hydrogens is 264 g/mol. The summed E-state index contributed by atoms with van der Waals surface area (Å²) in [6, 6.07) is 5.00. The van der Waals surface area contributed by atoms with Crippen LogP contribution in [0.15, 0.2) is 23.1 Å². The van der Waals surface area contributed by atoms with Crippen molar-refractivity contribution in [2.24, 2.45) is 0 Å². The number of nitrogens with one attached hydrogen (secondary N) is 2. The molecule has 0 radical (unpaired) electrons. The van der Waals surface area contributed by atoms with Gasteiger partial charge in [0, 0.05) is 17.4 Å². The van der Waals surface area contributed by atoms with E-state index in [9.17, 15) is 8.42 Å². The Morgan fingerprint density at radius 3 is 2.53 bits per heavy atom. The van der Waals surface area contributed by atoms with Crippen LogP contribution < -0.4 is 10.5 Å². The topological polar surface area (TPSA) is 101 Å². The van der Waals surface area contributed by atoms with Crippen LogP contribution in [0.1, 0.15) is 16.8 Å². The number of aryl methyl sites for hydroxylation is 2. The molecule has 0 unspecified atom stereocenters. The van der Waals surface area contributed by atoms with Crippen LogP contribution in [-0.2, 0) is 10.0 Å². The third-order valence-corrected chi connectivity index (χ3v) is 4.50. The minimum atomic E-state index is -3.70. The van der Waals surface area contributed by atoms with Crippen LogP contribution in [-0.4, -0.2) is 18.6 Å². The molecule has 0 bridgehead atoms. The van der Waals surface area contributed by atoms with E-state index in [0.29, 0.717) is 16.8 Å². The lowest BCUT2D eigenvalue weighted by Gasteiger charge is -2.13. The quantitative estimate of drug-likeness (QED) is 0.745. The number of nitrogen functional groups attached to an aromatic ring is 1. The van der Waals surface area contributed by atoms with Gasteiger partial charge in [-0.1, -0.05) is 6.07 Å². The summed E-state index contributed by atoms with van der Waals surface area (Å²) < 4.78 is 27.2. The molecule has 1 heterocycles. The maximum atomic E-state index is 12.4. The van der Waals surface area contributed by atoms with E-state index < -0.39 is 10.0 Å². The highest BCUT2D eigenvalue weighted by Crippen LogP contribution is 2.26. The third kappa shape index (κ3) is 2.55. The van der Waals surface area contributed by atoms with E-state index in [-0.39, 0.29) is 10.7 Å². The van der Waals surface area contributed by atoms with Crippen LogP contribution in [0.4, 0.5) is 11.5 Å². The predicted molar refractivity (Wildman–Crippen MR) is 74.5 cm³/mol. The fourth-order valence-corrected chi connectivity index (χ4v) is 3.41. The zero-order valence-corrected chi connectivity index (χ0v) is 11.8. The number of benzene rings is 1. The number of H-pyrrole nitrogens is 1. The fourth-order valence-electron chi connectivity index (χ4n) is 1.91. The maximum absolute atomic E-state index is 12.4. The number of hydrogen-bond acceptors (Lipinski definition) is 4. The van der Waals surface area contributed by atoms with Crippen molar-refractivity contribution in [1.29, 1.82) is 0 Å². The van der Waals surface area contributed by atoms with E-state index in [2.05, 4.69) is 14.9 Å². The van der Waals surface area contributed by atoms with E-state index >= 15 is 0 Å². The summed E-state index contributed by atoms with van der Waals surface area (Å²) >= 11 is 0. The molecule has 7 heteroatoms. The molecule has 102 valence electrons. The molecule has 19 heavy (non-hydrogen) atoms. The van der Waals surface area contributed by atoms with E-state index in [1.807, 2.05) is 0 Å². The van der Waals surface area contributed by atoms with Gasteiger partial charge < -0.3 is 5.73 Å². The lowest BCUT2D eigenvalue weighted by Crippen LogP contribution is -2.16. The number of rotatable bonds is 3. The van der Waals surface area contributed by atoms with Crippen LogP contribution in [0.5, 0.6) is 0 Å². The SMILES string of the molecule is Cc1cc(NS(=O)(=O)c2c(C)ccc(N)c2C)n[nH]1. The molecular formula is C12H16N4O2S. The summed E-state index contributed by atoms with van der Waals surface area (Å²) in [5, 5.41) is 6.54. The van der Waals surface area contributed by atoms with Crippen LogP contribution >= 0.6 is 0 Å². The second-order valence-electron chi connectivity index (χ2n) is 4.47. The lowest BCUT2D eigenvalue weighted by atomic mass is 10.1. The molecule has 4 N–H and O–H groups in total. The molecule has 0 saturated heterocycles. The number of sulfonamides is 1. The number of nitrogens with two attached hydrogens (primary N) is 1. The minimum Gasteiger partial charge on any atom is -0.398 e. The third-order valence-electron chi connectivity index (χ3n) is 2.86. The largest absolute Gasteiger partial charge is 0.398 e. The van der Waals surface area contributed by atoms with Crippen molar-refractivity contribution in [3.63, 3.8) is 0 Å². The van der Waals surface area contributed by atoms with Crippen LogP contribution in [0.25, 0.3) is 0 Å². The van der Waals surface area contributed by atoms with Gasteiger partial charge >= 0.3 is 0 Å². The highest BCUT2D eigenvalue weighted by atomic mass is 32.2. The van der Waals surface area contributed by atoms with E-state index in [1.165, 1.54) is 0 Å². The number of hydrogen-bond donors (Lipinski definition) is 3. The molecule has 1 aromatic carbocycles. The lowest BCUT2D eigenvalue weighted by molar-refractivity contribution is 0.600. The number of anilines is 2. The number of aromatic nitrogens is 2. The van der Waals surface area contributed by atoms with Crippen molar-refractivity contribution in [3.8, 4) is 0 Å². The summed E-state index contributed by atoms with van der Waals surface area (Å²) in [7, 11) is -3.70. The van der Waals surface area contributed by atoms with Crippen molar-refractivity contribution >= 4 is 21.5 Å². The molecule has 0 aliphatic carbocycles. The number of nitrogens with zero attached hydrogens (tertiary/aromatic N) is 1. The Kier molecular flexibility index (Phi) is 3.23. The Morgan fingerprint density at radius 2 is 1.95 bits per heavy atom. The average molecular weight is 280 g/mol. The first-order valence-corrected chi connectivity index (χ1v) is 7.20. The normalized spacial score (nSPS) is 11.5. The van der Waals surface area contributed by atoms with Crippen LogP contribution in [0, 0.1) is 20.8 Å². The first-order valence-electron chi connectivity index (χ1n) is 5.72. The van der Waals surface area contributed by atoms with Crippen molar-refractivity contribution in [3.05, 3.63) is 35.0 Å². The van der Waals surface area contributed by atoms with Gasteiger partial charge in [0.15, 0.2) is 5.82 Å². The second-order valence-corrected chi connectivity index (χ2v) is 6.09. The Bertz CT molecular complexity index is 719. The van der Waals surface area contributed by atoms with Crippen molar-refractivity contribution < 1.29 is 8.42 Å². The van der Waals surface area contributed by atoms with Crippen LogP contribution in [0.2, 0.25) is 0 Å². The van der Waals surface area contributed by atoms with Gasteiger partial charge in [0.05, 0.1) is 4.90 Å². The Hall–Kier alpha value is -2.02. The molecule has 2 aromatic rings. The molecule has 0 saturated carbocycles. The summed E-state index contributed by atoms with van der Waals surface area (Å²) in [5.74, 6) is 0.263. The zero-order valence-electron chi connectivity index (χ0n) is 11.0. The monoisotopic (exact) mass is 280 g/mol. The van der Waals surface area contributed by atoms with Crippen LogP contribution in [0.3, 0.4) is 0 Å². The highest BCUT2D eigenvalue weighted by molar-refractivity contribution is 7.92. The van der Waals surface area contributed by atoms with Gasteiger partial charge in [0.2, 0.25) is 0 Å². The van der Waals surface area contributed by atoms with Crippen molar-refractivity contribution in [2.45, 2.75) is 25.7 Å². The first-order chi connectivity index (χ1) is 8.81. The van der Waals surface area contributed by atoms with Crippen molar-refractivity contribution in [1.82, 2.24) is 10.2 Å². The van der Waals surface area contributed by atoms with Gasteiger partial charge in [0.25, 0.3) is 10.0 Å². The molecule has 0 fully saturated rings. The molecule has 6 nitrogen and oxygen atoms in total. The minimum absolute atomic E-state index is 0.202. The van der Waals surface area contributed by atoms with Gasteiger partial charge in [-0.2, -0.15) is 5.10 Å². The van der Waals surface area contributed by atoms with Gasteiger partial charge in [-0.05, 0) is 38.0 Å². The van der Waals surface area contributed by atoms with Gasteiger partial charge in [-0.25, -0.2) is 8.42 Å². The molecule has 0 spiro atoms. The Morgan fingerprint density at radius 1 is 1.26 bits per heavy atom. The van der Waals surface area contributed by atoms with Crippen molar-refractivity contribution in [2.75, 3.05) is 10.5 Å². The maximum Gasteiger partial charge on any atom is 0.263 e. The second kappa shape index (κ2) is 4.58. The molecule has 0 aliphatic rings. The molecule has 1 aromatic heterocycles. The molecule has 0 atom stereocenters. The van der Waals surface area contributed by atoms with E-state index in [0.717, 1.165) is 5.69 Å². The number of aromatic amines is 1. The van der Waals surface area contributed by atoms with Gasteiger partial charge in [-0.3, -0.25) is 9.82 Å². The van der Waals surface area contributed by atoms with E-state index in [1.54, 1.807) is 39.0 Å². The average Bonchev–Trinajstić information content (AvgIpc) is 2.68. The fraction of sp³-hybridized carbons (Fsp3) is 0.250. The molecule has 2 rings (SSSR count). The van der Waals surface area contributed by atoms with Gasteiger partial charge in [-0.15, -0.1) is 0 Å². The first kappa shape index (κ1) is 13.4. The summed E-state index contributed by atoms with van der Waals surface area (Å²) in [6.45, 7) is 5.21. The summed E-state index contributed by atoms with van der Waals surface area (Å²) in [5.41, 5.74) is 8.18. The van der Waals surface area contributed by atoms with E-state index in [4.69, 9.17) is 5.73 Å². The summed E-state index contributed by atoms with van der Waals surface area (Å²) in [4.78, 5) is 0.202. The molecule has 0 amide bonds. The van der Waals surface area contributed by atoms with Gasteiger partial charge in [0.1, 0.15) is 0 Å². The summed E-state index contributed by atoms with van der Waals surface area (Å²) in [6.07, 6.45) is 0. The Balaban J connectivity index is 2.48. The standard InChI is InChI=1S/C12H16N4O2S/c1-7-4-5-10(13)9(3)12(7)19(17,18)16-11-6-8(2)14-15-11/h4-6H,13H2,1-3H3,(H2,14,15,16). The highest BCUT2D eigenvalue weighted by Gasteiger charge is 2.21. The Labute approximate surface area is 112 Å². The molecule has 0 aliphatic heterocycles. The zero-order chi connectivity index (χ0) is 14.2. The predicted octanol–water partition coefficient (Wildman–Crippen LogP) is 1.72.